The third-order valence-corrected chi connectivity index (χ3v) is 4.30. The van der Waals surface area contributed by atoms with Crippen LogP contribution in [0.5, 0.6) is 0 Å². The molecule has 0 spiro atoms. The number of rotatable bonds is 7. The second kappa shape index (κ2) is 8.21. The van der Waals surface area contributed by atoms with Crippen molar-refractivity contribution in [2.75, 3.05) is 23.4 Å². The summed E-state index contributed by atoms with van der Waals surface area (Å²) in [6, 6.07) is 5.43. The number of nitro groups is 1. The van der Waals surface area contributed by atoms with Gasteiger partial charge in [-0.3, -0.25) is 19.7 Å². The number of nitro benzene ring substituents is 1. The zero-order valence-electron chi connectivity index (χ0n) is 12.0. The molecule has 1 aromatic heterocycles. The third-order valence-electron chi connectivity index (χ3n) is 2.44. The fraction of sp³-hybridized carbons (Fsp3) is 0.167. The topological polar surface area (TPSA) is 150 Å². The molecule has 1 amide bonds. The van der Waals surface area contributed by atoms with E-state index in [0.29, 0.717) is 9.47 Å². The van der Waals surface area contributed by atoms with Gasteiger partial charge in [0, 0.05) is 17.8 Å². The predicted octanol–water partition coefficient (Wildman–Crippen LogP) is 1.30. The molecule has 10 nitrogen and oxygen atoms in total. The first-order valence-corrected chi connectivity index (χ1v) is 8.16. The minimum absolute atomic E-state index is 0.0429. The number of anilines is 2. The van der Waals surface area contributed by atoms with Crippen LogP contribution in [0, 0.1) is 10.1 Å². The number of nitrogen functional groups attached to an aromatic ring is 1. The Hall–Kier alpha value is -2.73. The van der Waals surface area contributed by atoms with E-state index in [9.17, 15) is 19.7 Å². The number of carbonyl (C=O) groups excluding carboxylic acids is 2. The Balaban J connectivity index is 1.75. The number of amides is 1. The van der Waals surface area contributed by atoms with Crippen LogP contribution in [0.2, 0.25) is 0 Å². The van der Waals surface area contributed by atoms with Gasteiger partial charge < -0.3 is 15.8 Å². The lowest BCUT2D eigenvalue weighted by Gasteiger charge is -2.06. The summed E-state index contributed by atoms with van der Waals surface area (Å²) in [4.78, 5) is 33.3. The molecule has 3 N–H and O–H groups in total. The molecule has 1 heterocycles. The van der Waals surface area contributed by atoms with E-state index in [4.69, 9.17) is 10.5 Å². The van der Waals surface area contributed by atoms with Crippen molar-refractivity contribution in [3.63, 3.8) is 0 Å². The van der Waals surface area contributed by atoms with Crippen LogP contribution in [-0.4, -0.2) is 39.4 Å². The number of benzene rings is 1. The molecule has 2 aromatic rings. The van der Waals surface area contributed by atoms with E-state index in [1.54, 1.807) is 0 Å². The molecule has 2 rings (SSSR count). The molecule has 1 aromatic carbocycles. The van der Waals surface area contributed by atoms with Crippen molar-refractivity contribution in [1.82, 2.24) is 10.2 Å². The van der Waals surface area contributed by atoms with E-state index in [1.807, 2.05) is 0 Å². The smallest absolute Gasteiger partial charge is 0.316 e. The molecule has 0 saturated carbocycles. The van der Waals surface area contributed by atoms with Crippen LogP contribution in [0.3, 0.4) is 0 Å². The van der Waals surface area contributed by atoms with Gasteiger partial charge >= 0.3 is 5.97 Å². The van der Waals surface area contributed by atoms with E-state index < -0.39 is 23.4 Å². The normalized spacial score (nSPS) is 10.2. The second-order valence-electron chi connectivity index (χ2n) is 4.21. The highest BCUT2D eigenvalue weighted by Crippen LogP contribution is 2.23. The number of hydrogen-bond acceptors (Lipinski definition) is 10. The number of non-ortho nitro benzene ring substituents is 1. The summed E-state index contributed by atoms with van der Waals surface area (Å²) in [7, 11) is 0. The highest BCUT2D eigenvalue weighted by molar-refractivity contribution is 8.01. The molecule has 0 aliphatic heterocycles. The maximum Gasteiger partial charge on any atom is 0.316 e. The Labute approximate surface area is 143 Å². The van der Waals surface area contributed by atoms with Gasteiger partial charge in [0.1, 0.15) is 0 Å². The SMILES string of the molecule is Nc1nnc(SCC(=O)OCC(=O)Nc2cccc([N+](=O)[O-])c2)s1. The van der Waals surface area contributed by atoms with Crippen LogP contribution in [0.25, 0.3) is 0 Å². The van der Waals surface area contributed by atoms with Crippen LogP contribution in [0.15, 0.2) is 28.6 Å². The maximum atomic E-state index is 11.7. The number of thioether (sulfide) groups is 1. The predicted molar refractivity (Wildman–Crippen MR) is 87.7 cm³/mol. The minimum Gasteiger partial charge on any atom is -0.455 e. The van der Waals surface area contributed by atoms with E-state index in [0.717, 1.165) is 23.1 Å². The van der Waals surface area contributed by atoms with Crippen LogP contribution in [0.1, 0.15) is 0 Å². The van der Waals surface area contributed by atoms with Gasteiger partial charge in [-0.2, -0.15) is 0 Å². The molecule has 12 heteroatoms. The summed E-state index contributed by atoms with van der Waals surface area (Å²) in [6.45, 7) is -0.500. The monoisotopic (exact) mass is 369 g/mol. The molecule has 126 valence electrons. The van der Waals surface area contributed by atoms with Crippen LogP contribution < -0.4 is 11.1 Å². The first-order chi connectivity index (χ1) is 11.4. The van der Waals surface area contributed by atoms with Crippen molar-refractivity contribution < 1.29 is 19.2 Å². The van der Waals surface area contributed by atoms with Crippen molar-refractivity contribution >= 4 is 51.5 Å². The van der Waals surface area contributed by atoms with Crippen molar-refractivity contribution in [2.45, 2.75) is 4.34 Å². The average Bonchev–Trinajstić information content (AvgIpc) is 2.96. The van der Waals surface area contributed by atoms with Gasteiger partial charge in [0.15, 0.2) is 10.9 Å². The Kier molecular flexibility index (Phi) is 6.03. The molecule has 0 bridgehead atoms. The number of nitrogens with zero attached hydrogens (tertiary/aromatic N) is 3. The molecule has 24 heavy (non-hydrogen) atoms. The number of ether oxygens (including phenoxy) is 1. The van der Waals surface area contributed by atoms with Crippen LogP contribution >= 0.6 is 23.1 Å². The Morgan fingerprint density at radius 2 is 2.21 bits per heavy atom. The summed E-state index contributed by atoms with van der Waals surface area (Å²) in [6.07, 6.45) is 0. The number of nitrogens with one attached hydrogen (secondary N) is 1. The lowest BCUT2D eigenvalue weighted by atomic mass is 10.3. The number of carbonyl (C=O) groups is 2. The van der Waals surface area contributed by atoms with Crippen molar-refractivity contribution in [3.8, 4) is 0 Å². The van der Waals surface area contributed by atoms with Gasteiger partial charge in [-0.15, -0.1) is 10.2 Å². The molecule has 0 aliphatic rings. The zero-order valence-corrected chi connectivity index (χ0v) is 13.6. The zero-order chi connectivity index (χ0) is 17.5. The minimum atomic E-state index is -0.608. The highest BCUT2D eigenvalue weighted by atomic mass is 32.2. The quantitative estimate of drug-likeness (QED) is 0.318. The number of esters is 1. The highest BCUT2D eigenvalue weighted by Gasteiger charge is 2.12. The first-order valence-electron chi connectivity index (χ1n) is 6.36. The Bertz CT molecular complexity index is 766. The molecule has 0 saturated heterocycles. The maximum absolute atomic E-state index is 11.7. The van der Waals surface area contributed by atoms with E-state index in [2.05, 4.69) is 15.5 Å². The van der Waals surface area contributed by atoms with Gasteiger partial charge in [-0.05, 0) is 6.07 Å². The lowest BCUT2D eigenvalue weighted by molar-refractivity contribution is -0.384. The van der Waals surface area contributed by atoms with Gasteiger partial charge in [0.2, 0.25) is 5.13 Å². The number of aromatic nitrogens is 2. The van der Waals surface area contributed by atoms with Crippen LogP contribution in [-0.2, 0) is 14.3 Å². The Morgan fingerprint density at radius 1 is 1.42 bits per heavy atom. The Morgan fingerprint density at radius 3 is 2.88 bits per heavy atom. The summed E-state index contributed by atoms with van der Waals surface area (Å²) in [5, 5.41) is 20.7. The third kappa shape index (κ3) is 5.48. The average molecular weight is 369 g/mol. The molecular weight excluding hydrogens is 358 g/mol. The largest absolute Gasteiger partial charge is 0.455 e. The van der Waals surface area contributed by atoms with Gasteiger partial charge in [-0.1, -0.05) is 29.2 Å². The summed E-state index contributed by atoms with van der Waals surface area (Å²) < 4.78 is 5.32. The molecule has 0 aliphatic carbocycles. The van der Waals surface area contributed by atoms with Gasteiger partial charge in [-0.25, -0.2) is 0 Å². The summed E-state index contributed by atoms with van der Waals surface area (Å²) in [5.74, 6) is -1.25. The van der Waals surface area contributed by atoms with E-state index in [-0.39, 0.29) is 17.1 Å². The fourth-order valence-corrected chi connectivity index (χ4v) is 2.92. The summed E-state index contributed by atoms with van der Waals surface area (Å²) >= 11 is 2.23. The van der Waals surface area contributed by atoms with Crippen molar-refractivity contribution in [1.29, 1.82) is 0 Å². The molecule has 0 unspecified atom stereocenters. The lowest BCUT2D eigenvalue weighted by Crippen LogP contribution is -2.21. The van der Waals surface area contributed by atoms with E-state index >= 15 is 0 Å². The number of nitrogens with two attached hydrogens (primary N) is 1. The molecule has 0 fully saturated rings. The first kappa shape index (κ1) is 17.6. The molecule has 0 radical (unpaired) electrons. The second-order valence-corrected chi connectivity index (χ2v) is 6.44. The molecule has 0 atom stereocenters. The standard InChI is InChI=1S/C12H11N5O5S2/c13-11-15-16-12(24-11)23-6-10(19)22-5-9(18)14-7-2-1-3-8(4-7)17(20)21/h1-4H,5-6H2,(H2,13,15)(H,14,18). The van der Waals surface area contributed by atoms with Crippen molar-refractivity contribution in [2.24, 2.45) is 0 Å². The van der Waals surface area contributed by atoms with Gasteiger partial charge in [0.05, 0.1) is 10.7 Å². The van der Waals surface area contributed by atoms with E-state index in [1.165, 1.54) is 24.3 Å². The van der Waals surface area contributed by atoms with Gasteiger partial charge in [0.25, 0.3) is 11.6 Å². The molecular formula is C12H11N5O5S2. The van der Waals surface area contributed by atoms with Crippen molar-refractivity contribution in [3.05, 3.63) is 34.4 Å². The van der Waals surface area contributed by atoms with Crippen LogP contribution in [0.4, 0.5) is 16.5 Å². The summed E-state index contributed by atoms with van der Waals surface area (Å²) in [5.41, 5.74) is 5.49. The number of hydrogen-bond donors (Lipinski definition) is 2. The fourth-order valence-electron chi connectivity index (χ4n) is 1.48.